The number of benzene rings is 2. The van der Waals surface area contributed by atoms with Crippen molar-refractivity contribution in [3.63, 3.8) is 0 Å². The Morgan fingerprint density at radius 1 is 1.00 bits per heavy atom. The van der Waals surface area contributed by atoms with Gasteiger partial charge in [0.15, 0.2) is 0 Å². The van der Waals surface area contributed by atoms with Gasteiger partial charge in [-0.2, -0.15) is 0 Å². The number of halogens is 2. The second-order valence-corrected chi connectivity index (χ2v) is 5.16. The van der Waals surface area contributed by atoms with Crippen molar-refractivity contribution in [2.75, 3.05) is 11.4 Å². The van der Waals surface area contributed by atoms with Gasteiger partial charge < -0.3 is 4.90 Å². The van der Waals surface area contributed by atoms with Crippen LogP contribution in [0.25, 0.3) is 0 Å². The average molecular weight is 294 g/mol. The van der Waals surface area contributed by atoms with Crippen LogP contribution in [0, 0.1) is 6.92 Å². The van der Waals surface area contributed by atoms with Gasteiger partial charge in [0, 0.05) is 28.8 Å². The van der Waals surface area contributed by atoms with E-state index in [1.165, 1.54) is 11.3 Å². The van der Waals surface area contributed by atoms with Crippen LogP contribution < -0.4 is 4.90 Å². The zero-order valence-corrected chi connectivity index (χ0v) is 12.7. The molecule has 0 bridgehead atoms. The smallest absolute Gasteiger partial charge is 0.0488 e. The van der Waals surface area contributed by atoms with E-state index in [9.17, 15) is 0 Å². The molecule has 0 aliphatic carbocycles. The molecule has 2 aromatic carbocycles. The van der Waals surface area contributed by atoms with Crippen molar-refractivity contribution in [2.45, 2.75) is 19.7 Å². The third-order valence-corrected chi connectivity index (χ3v) is 3.79. The molecule has 0 aliphatic rings. The molecular formula is C16H17Cl2N. The van der Waals surface area contributed by atoms with Crippen molar-refractivity contribution in [3.05, 3.63) is 58.6 Å². The molecule has 1 nitrogen and oxygen atoms in total. The summed E-state index contributed by atoms with van der Waals surface area (Å²) in [5, 5.41) is 0.720. The molecule has 2 aromatic rings. The van der Waals surface area contributed by atoms with Crippen molar-refractivity contribution in [1.82, 2.24) is 0 Å². The highest BCUT2D eigenvalue weighted by Gasteiger charge is 2.09. The van der Waals surface area contributed by atoms with E-state index in [0.29, 0.717) is 5.88 Å². The van der Waals surface area contributed by atoms with Gasteiger partial charge in [0.2, 0.25) is 0 Å². The molecule has 0 unspecified atom stereocenters. The van der Waals surface area contributed by atoms with E-state index in [2.05, 4.69) is 49.1 Å². The zero-order valence-electron chi connectivity index (χ0n) is 11.2. The maximum atomic E-state index is 6.23. The summed E-state index contributed by atoms with van der Waals surface area (Å²) in [6.45, 7) is 5.11. The van der Waals surface area contributed by atoms with Crippen LogP contribution in [0.1, 0.15) is 18.1 Å². The van der Waals surface area contributed by atoms with E-state index in [1.54, 1.807) is 0 Å². The number of anilines is 2. The van der Waals surface area contributed by atoms with Gasteiger partial charge in [-0.3, -0.25) is 0 Å². The fourth-order valence-electron chi connectivity index (χ4n) is 2.05. The number of nitrogens with zero attached hydrogens (tertiary/aromatic N) is 1. The van der Waals surface area contributed by atoms with Crippen LogP contribution in [-0.2, 0) is 5.88 Å². The van der Waals surface area contributed by atoms with Gasteiger partial charge in [0.1, 0.15) is 0 Å². The molecule has 0 aromatic heterocycles. The first-order valence-electron chi connectivity index (χ1n) is 6.34. The third-order valence-electron chi connectivity index (χ3n) is 3.15. The third kappa shape index (κ3) is 3.23. The maximum absolute atomic E-state index is 6.23. The Bertz CT molecular complexity index is 549. The molecule has 100 valence electrons. The second-order valence-electron chi connectivity index (χ2n) is 4.49. The van der Waals surface area contributed by atoms with Crippen molar-refractivity contribution in [3.8, 4) is 0 Å². The summed E-state index contributed by atoms with van der Waals surface area (Å²) in [5.74, 6) is 0.440. The second kappa shape index (κ2) is 6.31. The highest BCUT2D eigenvalue weighted by Crippen LogP contribution is 2.29. The van der Waals surface area contributed by atoms with Gasteiger partial charge in [0.05, 0.1) is 0 Å². The van der Waals surface area contributed by atoms with Crippen LogP contribution in [0.5, 0.6) is 0 Å². The largest absolute Gasteiger partial charge is 0.342 e. The molecule has 0 spiro atoms. The minimum absolute atomic E-state index is 0.440. The van der Waals surface area contributed by atoms with Crippen molar-refractivity contribution in [2.24, 2.45) is 0 Å². The fraction of sp³-hybridized carbons (Fsp3) is 0.250. The molecule has 3 heteroatoms. The summed E-state index contributed by atoms with van der Waals surface area (Å²) in [6.07, 6.45) is 0. The van der Waals surface area contributed by atoms with Crippen molar-refractivity contribution >= 4 is 34.6 Å². The first kappa shape index (κ1) is 14.2. The van der Waals surface area contributed by atoms with Crippen LogP contribution in [0.15, 0.2) is 42.5 Å². The van der Waals surface area contributed by atoms with Crippen LogP contribution in [-0.4, -0.2) is 6.54 Å². The fourth-order valence-corrected chi connectivity index (χ4v) is 2.59. The van der Waals surface area contributed by atoms with E-state index in [0.717, 1.165) is 22.8 Å². The lowest BCUT2D eigenvalue weighted by molar-refractivity contribution is 1.02. The minimum Gasteiger partial charge on any atom is -0.342 e. The lowest BCUT2D eigenvalue weighted by Gasteiger charge is -2.24. The molecule has 0 aliphatic heterocycles. The maximum Gasteiger partial charge on any atom is 0.0488 e. The highest BCUT2D eigenvalue weighted by atomic mass is 35.5. The monoisotopic (exact) mass is 293 g/mol. The Hall–Kier alpha value is -1.18. The van der Waals surface area contributed by atoms with Crippen LogP contribution in [0.3, 0.4) is 0 Å². The Morgan fingerprint density at radius 3 is 2.16 bits per heavy atom. The van der Waals surface area contributed by atoms with E-state index < -0.39 is 0 Å². The van der Waals surface area contributed by atoms with Crippen LogP contribution in [0.4, 0.5) is 11.4 Å². The van der Waals surface area contributed by atoms with Gasteiger partial charge in [-0.1, -0.05) is 35.4 Å². The molecule has 0 saturated carbocycles. The normalized spacial score (nSPS) is 10.5. The van der Waals surface area contributed by atoms with Crippen molar-refractivity contribution < 1.29 is 0 Å². The number of hydrogen-bond acceptors (Lipinski definition) is 1. The lowest BCUT2D eigenvalue weighted by atomic mass is 10.1. The molecule has 0 fully saturated rings. The highest BCUT2D eigenvalue weighted by molar-refractivity contribution is 6.32. The van der Waals surface area contributed by atoms with Crippen LogP contribution in [0.2, 0.25) is 5.02 Å². The Balaban J connectivity index is 2.36. The molecule has 0 atom stereocenters. The standard InChI is InChI=1S/C16H17Cl2N/c1-3-19(14-7-4-12(2)5-8-14)15-9-6-13(11-17)16(18)10-15/h4-10H,3,11H2,1-2H3. The molecule has 19 heavy (non-hydrogen) atoms. The summed E-state index contributed by atoms with van der Waals surface area (Å²) >= 11 is 12.1. The molecule has 0 saturated heterocycles. The Morgan fingerprint density at radius 2 is 1.63 bits per heavy atom. The van der Waals surface area contributed by atoms with Gasteiger partial charge in [0.25, 0.3) is 0 Å². The van der Waals surface area contributed by atoms with Gasteiger partial charge >= 0.3 is 0 Å². The van der Waals surface area contributed by atoms with Gasteiger partial charge in [-0.05, 0) is 43.7 Å². The summed E-state index contributed by atoms with van der Waals surface area (Å²) in [6, 6.07) is 14.5. The van der Waals surface area contributed by atoms with E-state index in [4.69, 9.17) is 23.2 Å². The number of hydrogen-bond donors (Lipinski definition) is 0. The summed E-state index contributed by atoms with van der Waals surface area (Å²) in [7, 11) is 0. The summed E-state index contributed by atoms with van der Waals surface area (Å²) in [5.41, 5.74) is 4.48. The number of aryl methyl sites for hydroxylation is 1. The van der Waals surface area contributed by atoms with E-state index in [1.807, 2.05) is 12.1 Å². The molecule has 0 radical (unpaired) electrons. The zero-order chi connectivity index (χ0) is 13.8. The molecular weight excluding hydrogens is 277 g/mol. The molecule has 2 rings (SSSR count). The summed E-state index contributed by atoms with van der Waals surface area (Å²) < 4.78 is 0. The number of alkyl halides is 1. The Kier molecular flexibility index (Phi) is 4.73. The van der Waals surface area contributed by atoms with Crippen LogP contribution >= 0.6 is 23.2 Å². The minimum atomic E-state index is 0.440. The first-order valence-corrected chi connectivity index (χ1v) is 7.25. The SMILES string of the molecule is CCN(c1ccc(C)cc1)c1ccc(CCl)c(Cl)c1. The predicted octanol–water partition coefficient (Wildman–Crippen LogP) is 5.55. The van der Waals surface area contributed by atoms with Gasteiger partial charge in [-0.15, -0.1) is 11.6 Å². The van der Waals surface area contributed by atoms with E-state index in [-0.39, 0.29) is 0 Å². The summed E-state index contributed by atoms with van der Waals surface area (Å²) in [4.78, 5) is 2.23. The molecule has 0 N–H and O–H groups in total. The first-order chi connectivity index (χ1) is 9.15. The Labute approximate surface area is 124 Å². The lowest BCUT2D eigenvalue weighted by Crippen LogP contribution is -2.15. The molecule has 0 amide bonds. The van der Waals surface area contributed by atoms with Gasteiger partial charge in [-0.25, -0.2) is 0 Å². The van der Waals surface area contributed by atoms with E-state index >= 15 is 0 Å². The van der Waals surface area contributed by atoms with Crippen molar-refractivity contribution in [1.29, 1.82) is 0 Å². The number of rotatable bonds is 4. The average Bonchev–Trinajstić information content (AvgIpc) is 2.42. The topological polar surface area (TPSA) is 3.24 Å². The quantitative estimate of drug-likeness (QED) is 0.669. The molecule has 0 heterocycles. The predicted molar refractivity (Wildman–Crippen MR) is 84.9 cm³/mol.